The van der Waals surface area contributed by atoms with Crippen molar-refractivity contribution >= 4 is 5.91 Å². The van der Waals surface area contributed by atoms with Crippen molar-refractivity contribution in [3.8, 4) is 0 Å². The van der Waals surface area contributed by atoms with Gasteiger partial charge in [0.1, 0.15) is 0 Å². The topological polar surface area (TPSA) is 62.4 Å². The zero-order valence-corrected chi connectivity index (χ0v) is 9.53. The van der Waals surface area contributed by atoms with Crippen LogP contribution in [0.2, 0.25) is 0 Å². The fraction of sp³-hybridized carbons (Fsp3) is 0.909. The van der Waals surface area contributed by atoms with Crippen molar-refractivity contribution < 1.29 is 9.73 Å². The van der Waals surface area contributed by atoms with Gasteiger partial charge in [-0.25, -0.2) is 4.94 Å². The number of hydrogen-bond acceptors (Lipinski definition) is 4. The minimum Gasteiger partial charge on any atom is -0.354 e. The third kappa shape index (κ3) is 1.83. The second kappa shape index (κ2) is 3.98. The lowest BCUT2D eigenvalue weighted by molar-refractivity contribution is -0.119. The lowest BCUT2D eigenvalue weighted by Gasteiger charge is -2.32. The lowest BCUT2D eigenvalue weighted by atomic mass is 9.77. The van der Waals surface area contributed by atoms with Crippen molar-refractivity contribution in [1.82, 2.24) is 16.3 Å². The Kier molecular flexibility index (Phi) is 2.61. The smallest absolute Gasteiger partial charge is 0.217 e. The summed E-state index contributed by atoms with van der Waals surface area (Å²) in [6.45, 7) is 1.60. The molecule has 3 N–H and O–H groups in total. The molecule has 4 atom stereocenters. The molecule has 5 nitrogen and oxygen atoms in total. The zero-order chi connectivity index (χ0) is 11.1. The standard InChI is InChI=1S/C11H19N3O2/c1-6(15)12-9-2-7-4-10-11(14-16-13-10)5-8(7)3-9/h7-11,13-14H,2-5H2,1H3,(H,12,15). The van der Waals surface area contributed by atoms with E-state index in [4.69, 9.17) is 4.94 Å². The average Bonchev–Trinajstić information content (AvgIpc) is 2.76. The van der Waals surface area contributed by atoms with Gasteiger partial charge >= 0.3 is 0 Å². The second-order valence-corrected chi connectivity index (χ2v) is 5.41. The first-order valence-corrected chi connectivity index (χ1v) is 6.16. The van der Waals surface area contributed by atoms with Crippen molar-refractivity contribution in [3.05, 3.63) is 0 Å². The van der Waals surface area contributed by atoms with E-state index in [0.29, 0.717) is 18.1 Å². The largest absolute Gasteiger partial charge is 0.354 e. The number of hydroxylamine groups is 2. The van der Waals surface area contributed by atoms with Crippen LogP contribution < -0.4 is 16.3 Å². The van der Waals surface area contributed by atoms with E-state index in [-0.39, 0.29) is 5.91 Å². The van der Waals surface area contributed by atoms with Crippen LogP contribution in [0.3, 0.4) is 0 Å². The highest BCUT2D eigenvalue weighted by atomic mass is 16.8. The van der Waals surface area contributed by atoms with Crippen LogP contribution in [0, 0.1) is 11.8 Å². The summed E-state index contributed by atoms with van der Waals surface area (Å²) in [5.41, 5.74) is 6.06. The predicted molar refractivity (Wildman–Crippen MR) is 58.0 cm³/mol. The Morgan fingerprint density at radius 3 is 2.19 bits per heavy atom. The first-order valence-electron chi connectivity index (χ1n) is 6.16. The Morgan fingerprint density at radius 1 is 1.12 bits per heavy atom. The Bertz CT molecular complexity index is 277. The lowest BCUT2D eigenvalue weighted by Crippen LogP contribution is -2.42. The van der Waals surface area contributed by atoms with Gasteiger partial charge in [0, 0.05) is 13.0 Å². The molecule has 1 aliphatic heterocycles. The number of amides is 1. The summed E-state index contributed by atoms with van der Waals surface area (Å²) in [7, 11) is 0. The molecule has 0 bridgehead atoms. The minimum absolute atomic E-state index is 0.100. The van der Waals surface area contributed by atoms with Crippen molar-refractivity contribution in [2.75, 3.05) is 0 Å². The monoisotopic (exact) mass is 225 g/mol. The predicted octanol–water partition coefficient (Wildman–Crippen LogP) is 0.0877. The normalized spacial score (nSPS) is 46.2. The molecule has 3 fully saturated rings. The quantitative estimate of drug-likeness (QED) is 0.592. The maximum atomic E-state index is 11.0. The van der Waals surface area contributed by atoms with Gasteiger partial charge in [-0.3, -0.25) is 4.79 Å². The first kappa shape index (κ1) is 10.5. The number of fused-ring (bicyclic) bond motifs is 2. The van der Waals surface area contributed by atoms with Crippen LogP contribution in [0.15, 0.2) is 0 Å². The van der Waals surface area contributed by atoms with Gasteiger partial charge in [0.2, 0.25) is 5.91 Å². The van der Waals surface area contributed by atoms with E-state index in [2.05, 4.69) is 16.3 Å². The van der Waals surface area contributed by atoms with Gasteiger partial charge in [-0.2, -0.15) is 11.0 Å². The highest BCUT2D eigenvalue weighted by Gasteiger charge is 2.45. The number of hydrogen-bond donors (Lipinski definition) is 3. The Labute approximate surface area is 95.2 Å². The molecule has 0 aromatic rings. The van der Waals surface area contributed by atoms with Gasteiger partial charge in [0.15, 0.2) is 0 Å². The zero-order valence-electron chi connectivity index (χ0n) is 9.53. The van der Waals surface area contributed by atoms with Gasteiger partial charge in [-0.05, 0) is 37.5 Å². The summed E-state index contributed by atoms with van der Waals surface area (Å²) in [6.07, 6.45) is 4.60. The number of carbonyl (C=O) groups is 1. The van der Waals surface area contributed by atoms with Gasteiger partial charge in [0.05, 0.1) is 12.1 Å². The Hall–Kier alpha value is -0.650. The Morgan fingerprint density at radius 2 is 1.69 bits per heavy atom. The molecule has 1 amide bonds. The van der Waals surface area contributed by atoms with E-state index in [9.17, 15) is 4.79 Å². The van der Waals surface area contributed by atoms with E-state index >= 15 is 0 Å². The molecule has 0 spiro atoms. The molecule has 0 radical (unpaired) electrons. The Balaban J connectivity index is 1.62. The number of nitrogens with one attached hydrogen (secondary N) is 3. The van der Waals surface area contributed by atoms with Crippen LogP contribution in [0.25, 0.3) is 0 Å². The summed E-state index contributed by atoms with van der Waals surface area (Å²) in [5.74, 6) is 1.59. The molecule has 1 heterocycles. The molecule has 0 aromatic carbocycles. The van der Waals surface area contributed by atoms with Crippen molar-refractivity contribution in [3.63, 3.8) is 0 Å². The molecule has 2 saturated carbocycles. The van der Waals surface area contributed by atoms with E-state index in [1.807, 2.05) is 0 Å². The van der Waals surface area contributed by atoms with Crippen molar-refractivity contribution in [1.29, 1.82) is 0 Å². The van der Waals surface area contributed by atoms with Crippen LogP contribution in [-0.4, -0.2) is 24.0 Å². The second-order valence-electron chi connectivity index (χ2n) is 5.41. The molecule has 3 rings (SSSR count). The van der Waals surface area contributed by atoms with Gasteiger partial charge in [-0.15, -0.1) is 0 Å². The molecule has 0 aromatic heterocycles. The third-order valence-corrected chi connectivity index (χ3v) is 4.27. The van der Waals surface area contributed by atoms with E-state index in [0.717, 1.165) is 24.7 Å². The fourth-order valence-corrected chi connectivity index (χ4v) is 3.62. The number of carbonyl (C=O) groups excluding carboxylic acids is 1. The maximum Gasteiger partial charge on any atom is 0.217 e. The molecule has 3 aliphatic rings. The van der Waals surface area contributed by atoms with E-state index < -0.39 is 0 Å². The first-order chi connectivity index (χ1) is 7.72. The molecular weight excluding hydrogens is 206 g/mol. The van der Waals surface area contributed by atoms with Crippen molar-refractivity contribution in [2.24, 2.45) is 11.8 Å². The summed E-state index contributed by atoms with van der Waals surface area (Å²) in [5, 5.41) is 3.05. The minimum atomic E-state index is 0.100. The molecule has 4 unspecified atom stereocenters. The highest BCUT2D eigenvalue weighted by molar-refractivity contribution is 5.73. The molecule has 5 heteroatoms. The van der Waals surface area contributed by atoms with Crippen LogP contribution in [0.1, 0.15) is 32.6 Å². The summed E-state index contributed by atoms with van der Waals surface area (Å²) in [4.78, 5) is 16.1. The van der Waals surface area contributed by atoms with Gasteiger partial charge in [-0.1, -0.05) is 0 Å². The highest BCUT2D eigenvalue weighted by Crippen LogP contribution is 2.43. The van der Waals surface area contributed by atoms with Crippen molar-refractivity contribution in [2.45, 2.75) is 50.7 Å². The van der Waals surface area contributed by atoms with E-state index in [1.165, 1.54) is 12.8 Å². The molecular formula is C11H19N3O2. The summed E-state index contributed by atoms with van der Waals surface area (Å²) < 4.78 is 0. The molecule has 16 heavy (non-hydrogen) atoms. The van der Waals surface area contributed by atoms with Crippen LogP contribution in [0.5, 0.6) is 0 Å². The molecule has 1 saturated heterocycles. The maximum absolute atomic E-state index is 11.0. The molecule has 90 valence electrons. The van der Waals surface area contributed by atoms with Gasteiger partial charge < -0.3 is 5.32 Å². The van der Waals surface area contributed by atoms with Crippen LogP contribution in [-0.2, 0) is 9.73 Å². The fourth-order valence-electron chi connectivity index (χ4n) is 3.62. The third-order valence-electron chi connectivity index (χ3n) is 4.27. The summed E-state index contributed by atoms with van der Waals surface area (Å²) >= 11 is 0. The van der Waals surface area contributed by atoms with Gasteiger partial charge in [0.25, 0.3) is 0 Å². The SMILES string of the molecule is CC(=O)NC1CC2CC3NONC3CC2C1. The molecule has 2 aliphatic carbocycles. The average molecular weight is 225 g/mol. The van der Waals surface area contributed by atoms with Crippen LogP contribution in [0.4, 0.5) is 0 Å². The summed E-state index contributed by atoms with van der Waals surface area (Å²) in [6, 6.07) is 1.31. The van der Waals surface area contributed by atoms with E-state index in [1.54, 1.807) is 6.92 Å². The van der Waals surface area contributed by atoms with Crippen LogP contribution >= 0.6 is 0 Å². The number of rotatable bonds is 1.